The molecule has 1 fully saturated rings. The number of rotatable bonds is 3. The molecule has 1 aromatic carbocycles. The Morgan fingerprint density at radius 3 is 2.23 bits per heavy atom. The number of alkyl halides is 3. The summed E-state index contributed by atoms with van der Waals surface area (Å²) in [6.07, 6.45) is -4.69. The number of carboxylic acids is 1. The fraction of sp³-hybridized carbons (Fsp3) is 0.471. The number of amides is 2. The molecule has 2 atom stereocenters. The quantitative estimate of drug-likeness (QED) is 0.856. The van der Waals surface area contributed by atoms with Crippen LogP contribution in [0.15, 0.2) is 24.3 Å². The second-order valence-electron chi connectivity index (χ2n) is 6.74. The number of likely N-dealkylation sites (tertiary alicyclic amines) is 1. The maximum atomic E-state index is 13.0. The summed E-state index contributed by atoms with van der Waals surface area (Å²) in [5, 5.41) is 20.5. The van der Waals surface area contributed by atoms with Gasteiger partial charge in [0.2, 0.25) is 0 Å². The molecule has 0 bridgehead atoms. The smallest absolute Gasteiger partial charge is 0.394 e. The number of carbonyl (C=O) groups is 2. The Morgan fingerprint density at radius 2 is 1.81 bits per heavy atom. The van der Waals surface area contributed by atoms with Crippen LogP contribution in [0.25, 0.3) is 0 Å². The van der Waals surface area contributed by atoms with Gasteiger partial charge in [-0.25, -0.2) is 4.79 Å². The van der Waals surface area contributed by atoms with Crippen LogP contribution in [-0.4, -0.2) is 41.3 Å². The van der Waals surface area contributed by atoms with Crippen molar-refractivity contribution in [3.63, 3.8) is 0 Å². The number of nitrogens with zero attached hydrogens (tertiary/aromatic N) is 2. The second kappa shape index (κ2) is 6.86. The summed E-state index contributed by atoms with van der Waals surface area (Å²) >= 11 is 0. The largest absolute Gasteiger partial charge is 0.481 e. The van der Waals surface area contributed by atoms with Crippen LogP contribution in [0.1, 0.15) is 19.4 Å². The highest BCUT2D eigenvalue weighted by molar-refractivity contribution is 5.90. The molecule has 6 nitrogen and oxygen atoms in total. The van der Waals surface area contributed by atoms with Gasteiger partial charge >= 0.3 is 18.2 Å². The Kier molecular flexibility index (Phi) is 5.16. The van der Waals surface area contributed by atoms with Crippen molar-refractivity contribution in [2.24, 2.45) is 11.8 Å². The van der Waals surface area contributed by atoms with Gasteiger partial charge in [0.15, 0.2) is 0 Å². The highest BCUT2D eigenvalue weighted by Gasteiger charge is 2.53. The van der Waals surface area contributed by atoms with Crippen LogP contribution in [-0.2, 0) is 10.2 Å². The van der Waals surface area contributed by atoms with Gasteiger partial charge in [0.05, 0.1) is 23.3 Å². The zero-order chi connectivity index (χ0) is 19.7. The summed E-state index contributed by atoms with van der Waals surface area (Å²) in [6.45, 7) is 2.25. The molecule has 9 heteroatoms. The molecule has 0 aliphatic carbocycles. The number of nitriles is 1. The van der Waals surface area contributed by atoms with Gasteiger partial charge < -0.3 is 15.3 Å². The number of urea groups is 1. The van der Waals surface area contributed by atoms with E-state index in [-0.39, 0.29) is 0 Å². The van der Waals surface area contributed by atoms with Crippen molar-refractivity contribution in [1.29, 1.82) is 5.26 Å². The maximum Gasteiger partial charge on any atom is 0.394 e. The number of halogens is 3. The molecule has 1 heterocycles. The Balaban J connectivity index is 2.09. The molecule has 0 unspecified atom stereocenters. The summed E-state index contributed by atoms with van der Waals surface area (Å²) in [5.74, 6) is -5.35. The minimum Gasteiger partial charge on any atom is -0.481 e. The van der Waals surface area contributed by atoms with Gasteiger partial charge in [0, 0.05) is 18.8 Å². The van der Waals surface area contributed by atoms with E-state index in [2.05, 4.69) is 11.4 Å². The van der Waals surface area contributed by atoms with Gasteiger partial charge in [0.1, 0.15) is 0 Å². The van der Waals surface area contributed by atoms with Crippen LogP contribution in [0.3, 0.4) is 0 Å². The molecule has 2 rings (SSSR count). The molecule has 1 aliphatic rings. The predicted molar refractivity (Wildman–Crippen MR) is 86.3 cm³/mol. The molecule has 0 spiro atoms. The van der Waals surface area contributed by atoms with Crippen LogP contribution in [0.4, 0.5) is 23.7 Å². The molecule has 0 aromatic heterocycles. The summed E-state index contributed by atoms with van der Waals surface area (Å²) in [7, 11) is 0. The van der Waals surface area contributed by atoms with Gasteiger partial charge in [-0.2, -0.15) is 18.4 Å². The lowest BCUT2D eigenvalue weighted by Gasteiger charge is -2.19. The summed E-state index contributed by atoms with van der Waals surface area (Å²) in [5.41, 5.74) is 0.351. The molecule has 140 valence electrons. The first-order valence-corrected chi connectivity index (χ1v) is 7.83. The Bertz CT molecular complexity index is 738. The van der Waals surface area contributed by atoms with Crippen LogP contribution in [0.2, 0.25) is 0 Å². The summed E-state index contributed by atoms with van der Waals surface area (Å²) in [6, 6.07) is 7.70. The third-order valence-corrected chi connectivity index (χ3v) is 4.48. The average Bonchev–Trinajstić information content (AvgIpc) is 3.01. The minimum atomic E-state index is -4.69. The Hall–Kier alpha value is -2.76. The van der Waals surface area contributed by atoms with E-state index in [9.17, 15) is 22.8 Å². The van der Waals surface area contributed by atoms with Gasteiger partial charge in [-0.15, -0.1) is 0 Å². The molecule has 2 N–H and O–H groups in total. The highest BCUT2D eigenvalue weighted by Crippen LogP contribution is 2.38. The number of nitrogens with one attached hydrogen (secondary N) is 1. The summed E-state index contributed by atoms with van der Waals surface area (Å²) in [4.78, 5) is 24.1. The van der Waals surface area contributed by atoms with Gasteiger partial charge in [0.25, 0.3) is 0 Å². The predicted octanol–water partition coefficient (Wildman–Crippen LogP) is 3.21. The molecule has 1 saturated heterocycles. The average molecular weight is 369 g/mol. The van der Waals surface area contributed by atoms with E-state index < -0.39 is 48.5 Å². The van der Waals surface area contributed by atoms with E-state index in [1.54, 1.807) is 26.0 Å². The van der Waals surface area contributed by atoms with Crippen LogP contribution in [0, 0.1) is 23.2 Å². The molecule has 0 saturated carbocycles. The first-order valence-electron chi connectivity index (χ1n) is 7.83. The van der Waals surface area contributed by atoms with Crippen molar-refractivity contribution >= 4 is 17.7 Å². The number of anilines is 1. The summed E-state index contributed by atoms with van der Waals surface area (Å²) < 4.78 is 38.9. The van der Waals surface area contributed by atoms with Crippen molar-refractivity contribution in [2.75, 3.05) is 18.4 Å². The Morgan fingerprint density at radius 1 is 1.23 bits per heavy atom. The van der Waals surface area contributed by atoms with Crippen LogP contribution < -0.4 is 5.32 Å². The lowest BCUT2D eigenvalue weighted by atomic mass is 9.86. The zero-order valence-electron chi connectivity index (χ0n) is 14.2. The normalized spacial score (nSPS) is 20.5. The lowest BCUT2D eigenvalue weighted by molar-refractivity contribution is -0.187. The molecule has 1 aliphatic heterocycles. The minimum absolute atomic E-state index is 0.342. The molecule has 26 heavy (non-hydrogen) atoms. The molecule has 0 radical (unpaired) electrons. The maximum absolute atomic E-state index is 13.0. The standard InChI is InChI=1S/C17H18F3N3O3/c1-16(2,9-21)10-3-5-11(6-4-10)22-15(26)23-7-12(14(24)25)13(8-23)17(18,19)20/h3-6,12-13H,7-8H2,1-2H3,(H,22,26)(H,24,25)/t12-,13-/m1/s1. The van der Waals surface area contributed by atoms with Crippen molar-refractivity contribution in [1.82, 2.24) is 4.90 Å². The first kappa shape index (κ1) is 19.6. The SMILES string of the molecule is CC(C)(C#N)c1ccc(NC(=O)N2C[C@@H](C(F)(F)F)[C@H](C(=O)O)C2)cc1. The molecular weight excluding hydrogens is 351 g/mol. The van der Waals surface area contributed by atoms with E-state index in [1.807, 2.05) is 0 Å². The van der Waals surface area contributed by atoms with Gasteiger partial charge in [-0.3, -0.25) is 4.79 Å². The Labute approximate surface area is 148 Å². The third-order valence-electron chi connectivity index (χ3n) is 4.48. The fourth-order valence-electron chi connectivity index (χ4n) is 2.79. The van der Waals surface area contributed by atoms with E-state index >= 15 is 0 Å². The van der Waals surface area contributed by atoms with Crippen molar-refractivity contribution < 1.29 is 27.9 Å². The zero-order valence-corrected chi connectivity index (χ0v) is 14.2. The third kappa shape index (κ3) is 4.07. The van der Waals surface area contributed by atoms with Crippen molar-refractivity contribution in [3.05, 3.63) is 29.8 Å². The molecule has 1 aromatic rings. The van der Waals surface area contributed by atoms with E-state index in [4.69, 9.17) is 10.4 Å². The number of hydrogen-bond acceptors (Lipinski definition) is 3. The second-order valence-corrected chi connectivity index (χ2v) is 6.74. The lowest BCUT2D eigenvalue weighted by Crippen LogP contribution is -2.35. The van der Waals surface area contributed by atoms with E-state index in [0.717, 1.165) is 10.5 Å². The molecule has 2 amide bonds. The fourth-order valence-corrected chi connectivity index (χ4v) is 2.79. The number of carbonyl (C=O) groups excluding carboxylic acids is 1. The van der Waals surface area contributed by atoms with Gasteiger partial charge in [-0.05, 0) is 31.5 Å². The molecular formula is C17H18F3N3O3. The topological polar surface area (TPSA) is 93.4 Å². The van der Waals surface area contributed by atoms with Crippen molar-refractivity contribution in [3.8, 4) is 6.07 Å². The van der Waals surface area contributed by atoms with E-state index in [1.165, 1.54) is 12.1 Å². The number of hydrogen-bond donors (Lipinski definition) is 2. The first-order chi connectivity index (χ1) is 12.0. The van der Waals surface area contributed by atoms with E-state index in [0.29, 0.717) is 5.69 Å². The van der Waals surface area contributed by atoms with Crippen LogP contribution in [0.5, 0.6) is 0 Å². The number of carboxylic acid groups (broad SMARTS) is 1. The number of aliphatic carboxylic acids is 1. The van der Waals surface area contributed by atoms with Gasteiger partial charge in [-0.1, -0.05) is 12.1 Å². The highest BCUT2D eigenvalue weighted by atomic mass is 19.4. The number of benzene rings is 1. The monoisotopic (exact) mass is 369 g/mol. The van der Waals surface area contributed by atoms with Crippen LogP contribution >= 0.6 is 0 Å². The van der Waals surface area contributed by atoms with Crippen molar-refractivity contribution in [2.45, 2.75) is 25.4 Å².